The first kappa shape index (κ1) is 9.85. The number of hydrogen-bond acceptors (Lipinski definition) is 1. The highest BCUT2D eigenvalue weighted by molar-refractivity contribution is 5.52. The molecule has 0 aliphatic rings. The van der Waals surface area contributed by atoms with E-state index in [2.05, 4.69) is 26.5 Å². The van der Waals surface area contributed by atoms with Gasteiger partial charge >= 0.3 is 0 Å². The highest BCUT2D eigenvalue weighted by Crippen LogP contribution is 2.33. The molecule has 0 amide bonds. The molecule has 0 spiro atoms. The van der Waals surface area contributed by atoms with E-state index in [4.69, 9.17) is 5.73 Å². The summed E-state index contributed by atoms with van der Waals surface area (Å²) in [5, 5.41) is 0. The van der Waals surface area contributed by atoms with Crippen molar-refractivity contribution < 1.29 is 0 Å². The average molecular weight is 175 g/mol. The van der Waals surface area contributed by atoms with Crippen LogP contribution in [0.15, 0.2) is 36.4 Å². The Hall–Kier alpha value is -1.24. The summed E-state index contributed by atoms with van der Waals surface area (Å²) in [6.07, 6.45) is 0. The molecule has 1 aromatic carbocycles. The number of para-hydroxylation sites is 1. The van der Waals surface area contributed by atoms with Gasteiger partial charge in [0.1, 0.15) is 0 Å². The molecule has 0 radical (unpaired) electrons. The predicted molar refractivity (Wildman–Crippen MR) is 58.7 cm³/mol. The lowest BCUT2D eigenvalue weighted by atomic mass is 9.78. The summed E-state index contributed by atoms with van der Waals surface area (Å²) in [5.74, 6) is 0. The van der Waals surface area contributed by atoms with Crippen molar-refractivity contribution in [2.24, 2.45) is 0 Å². The molecule has 0 aromatic heterocycles. The van der Waals surface area contributed by atoms with Gasteiger partial charge in [0.05, 0.1) is 0 Å². The Balaban J connectivity index is 3.22. The van der Waals surface area contributed by atoms with Crippen molar-refractivity contribution in [3.63, 3.8) is 0 Å². The van der Waals surface area contributed by atoms with Crippen LogP contribution < -0.4 is 5.73 Å². The van der Waals surface area contributed by atoms with Crippen molar-refractivity contribution >= 4 is 5.69 Å². The van der Waals surface area contributed by atoms with Crippen molar-refractivity contribution in [2.45, 2.75) is 26.2 Å². The summed E-state index contributed by atoms with van der Waals surface area (Å²) in [7, 11) is 0. The number of benzene rings is 1. The van der Waals surface area contributed by atoms with Gasteiger partial charge in [-0.2, -0.15) is 0 Å². The third kappa shape index (κ3) is 1.74. The fourth-order valence-electron chi connectivity index (χ4n) is 1.30. The summed E-state index contributed by atoms with van der Waals surface area (Å²) < 4.78 is 0. The van der Waals surface area contributed by atoms with Crippen LogP contribution in [0.4, 0.5) is 5.69 Å². The topological polar surface area (TPSA) is 26.0 Å². The van der Waals surface area contributed by atoms with Gasteiger partial charge in [0, 0.05) is 11.1 Å². The van der Waals surface area contributed by atoms with Crippen LogP contribution in [0.1, 0.15) is 26.3 Å². The Kier molecular flexibility index (Phi) is 2.46. The monoisotopic (exact) mass is 175 g/mol. The zero-order chi connectivity index (χ0) is 10.1. The Morgan fingerprint density at radius 1 is 1.31 bits per heavy atom. The van der Waals surface area contributed by atoms with Crippen molar-refractivity contribution in [3.8, 4) is 0 Å². The highest BCUT2D eigenvalue weighted by atomic mass is 14.6. The smallest absolute Gasteiger partial charge is 0.0355 e. The predicted octanol–water partition coefficient (Wildman–Crippen LogP) is 3.12. The molecule has 13 heavy (non-hydrogen) atoms. The van der Waals surface area contributed by atoms with Gasteiger partial charge in [0.15, 0.2) is 0 Å². The number of nitrogen functional groups attached to an aromatic ring is 1. The molecular weight excluding hydrogens is 158 g/mol. The number of nitrogens with two attached hydrogens (primary N) is 1. The van der Waals surface area contributed by atoms with Gasteiger partial charge < -0.3 is 5.73 Å². The molecule has 0 saturated carbocycles. The second-order valence-electron chi connectivity index (χ2n) is 3.99. The van der Waals surface area contributed by atoms with E-state index in [0.717, 1.165) is 16.8 Å². The molecule has 0 heterocycles. The minimum atomic E-state index is -0.0364. The fraction of sp³-hybridized carbons (Fsp3) is 0.333. The van der Waals surface area contributed by atoms with Crippen LogP contribution in [-0.2, 0) is 5.41 Å². The molecule has 1 rings (SSSR count). The molecule has 0 atom stereocenters. The summed E-state index contributed by atoms with van der Waals surface area (Å²) in [4.78, 5) is 0. The van der Waals surface area contributed by atoms with E-state index in [1.54, 1.807) is 0 Å². The van der Waals surface area contributed by atoms with E-state index in [-0.39, 0.29) is 5.41 Å². The average Bonchev–Trinajstić information content (AvgIpc) is 2.04. The lowest BCUT2D eigenvalue weighted by Crippen LogP contribution is -2.19. The first-order valence-corrected chi connectivity index (χ1v) is 4.47. The van der Waals surface area contributed by atoms with Gasteiger partial charge in [-0.05, 0) is 18.6 Å². The first-order chi connectivity index (χ1) is 5.96. The highest BCUT2D eigenvalue weighted by Gasteiger charge is 2.22. The Labute approximate surface area is 80.3 Å². The zero-order valence-electron chi connectivity index (χ0n) is 8.59. The SMILES string of the molecule is C=C(C)C(C)(C)c1ccccc1N. The van der Waals surface area contributed by atoms with Crippen LogP contribution in [0.25, 0.3) is 0 Å². The third-order valence-electron chi connectivity index (χ3n) is 2.70. The third-order valence-corrected chi connectivity index (χ3v) is 2.70. The summed E-state index contributed by atoms with van der Waals surface area (Å²) in [5.41, 5.74) is 9.00. The summed E-state index contributed by atoms with van der Waals surface area (Å²) in [6.45, 7) is 10.3. The maximum atomic E-state index is 5.90. The molecule has 1 nitrogen and oxygen atoms in total. The number of anilines is 1. The van der Waals surface area contributed by atoms with E-state index >= 15 is 0 Å². The minimum absolute atomic E-state index is 0.0364. The first-order valence-electron chi connectivity index (χ1n) is 4.47. The molecule has 0 fully saturated rings. The molecule has 2 N–H and O–H groups in total. The van der Waals surface area contributed by atoms with Gasteiger partial charge in [0.2, 0.25) is 0 Å². The molecule has 70 valence electrons. The Bertz CT molecular complexity index is 324. The maximum absolute atomic E-state index is 5.90. The number of rotatable bonds is 2. The fourth-order valence-corrected chi connectivity index (χ4v) is 1.30. The van der Waals surface area contributed by atoms with Gasteiger partial charge in [-0.15, -0.1) is 0 Å². The van der Waals surface area contributed by atoms with Crippen LogP contribution in [0, 0.1) is 0 Å². The Morgan fingerprint density at radius 3 is 2.31 bits per heavy atom. The molecule has 0 aliphatic heterocycles. The number of hydrogen-bond donors (Lipinski definition) is 1. The van der Waals surface area contributed by atoms with Crippen molar-refractivity contribution in [2.75, 3.05) is 5.73 Å². The molecule has 0 bridgehead atoms. The van der Waals surface area contributed by atoms with Crippen LogP contribution >= 0.6 is 0 Å². The summed E-state index contributed by atoms with van der Waals surface area (Å²) >= 11 is 0. The quantitative estimate of drug-likeness (QED) is 0.542. The second-order valence-corrected chi connectivity index (χ2v) is 3.99. The normalized spacial score (nSPS) is 11.3. The van der Waals surface area contributed by atoms with Gasteiger partial charge in [-0.3, -0.25) is 0 Å². The molecule has 1 aromatic rings. The number of allylic oxidation sites excluding steroid dienone is 1. The largest absolute Gasteiger partial charge is 0.398 e. The van der Waals surface area contributed by atoms with Gasteiger partial charge in [-0.1, -0.05) is 44.2 Å². The molecule has 0 saturated heterocycles. The summed E-state index contributed by atoms with van der Waals surface area (Å²) in [6, 6.07) is 7.95. The molecular formula is C12H17N. The lowest BCUT2D eigenvalue weighted by Gasteiger charge is -2.27. The molecule has 0 aliphatic carbocycles. The zero-order valence-corrected chi connectivity index (χ0v) is 8.59. The van der Waals surface area contributed by atoms with Gasteiger partial charge in [-0.25, -0.2) is 0 Å². The van der Waals surface area contributed by atoms with E-state index in [1.165, 1.54) is 0 Å². The lowest BCUT2D eigenvalue weighted by molar-refractivity contribution is 0.628. The van der Waals surface area contributed by atoms with E-state index < -0.39 is 0 Å². The molecule has 1 heteroatoms. The van der Waals surface area contributed by atoms with Crippen LogP contribution in [0.5, 0.6) is 0 Å². The minimum Gasteiger partial charge on any atom is -0.398 e. The van der Waals surface area contributed by atoms with Crippen molar-refractivity contribution in [3.05, 3.63) is 42.0 Å². The second kappa shape index (κ2) is 3.25. The van der Waals surface area contributed by atoms with E-state index in [9.17, 15) is 0 Å². The van der Waals surface area contributed by atoms with Crippen molar-refractivity contribution in [1.82, 2.24) is 0 Å². The van der Waals surface area contributed by atoms with E-state index in [0.29, 0.717) is 0 Å². The van der Waals surface area contributed by atoms with Crippen LogP contribution in [0.2, 0.25) is 0 Å². The van der Waals surface area contributed by atoms with E-state index in [1.807, 2.05) is 25.1 Å². The standard InChI is InChI=1S/C12H17N/c1-9(2)12(3,4)10-7-5-6-8-11(10)13/h5-8H,1,13H2,2-4H3. The van der Waals surface area contributed by atoms with Crippen LogP contribution in [0.3, 0.4) is 0 Å². The Morgan fingerprint density at radius 2 is 1.85 bits per heavy atom. The van der Waals surface area contributed by atoms with Crippen LogP contribution in [-0.4, -0.2) is 0 Å². The van der Waals surface area contributed by atoms with Crippen molar-refractivity contribution in [1.29, 1.82) is 0 Å². The van der Waals surface area contributed by atoms with Gasteiger partial charge in [0.25, 0.3) is 0 Å². The maximum Gasteiger partial charge on any atom is 0.0355 e. The molecule has 0 unspecified atom stereocenters.